The Bertz CT molecular complexity index is 586. The van der Waals surface area contributed by atoms with E-state index in [0.29, 0.717) is 12.1 Å². The number of benzene rings is 1. The second-order valence-corrected chi connectivity index (χ2v) is 3.95. The number of aliphatic hydroxyl groups excluding tert-OH is 2. The molecule has 2 atom stereocenters. The van der Waals surface area contributed by atoms with Gasteiger partial charge in [0.05, 0.1) is 28.7 Å². The fourth-order valence-corrected chi connectivity index (χ4v) is 1.56. The molecule has 0 radical (unpaired) electrons. The predicted molar refractivity (Wildman–Crippen MR) is 63.1 cm³/mol. The van der Waals surface area contributed by atoms with Gasteiger partial charge in [-0.15, -0.1) is 0 Å². The van der Waals surface area contributed by atoms with Crippen LogP contribution in [0.15, 0.2) is 23.3 Å². The van der Waals surface area contributed by atoms with Gasteiger partial charge in [-0.25, -0.2) is 0 Å². The van der Waals surface area contributed by atoms with Crippen LogP contribution in [0.4, 0.5) is 18.9 Å². The maximum atomic E-state index is 12.5. The Morgan fingerprint density at radius 2 is 2.05 bits per heavy atom. The summed E-state index contributed by atoms with van der Waals surface area (Å²) in [5.74, 6) is 0. The lowest BCUT2D eigenvalue weighted by atomic mass is 10.00. The third-order valence-corrected chi connectivity index (χ3v) is 2.57. The van der Waals surface area contributed by atoms with Gasteiger partial charge in [0, 0.05) is 11.0 Å². The lowest BCUT2D eigenvalue weighted by Gasteiger charge is -2.17. The van der Waals surface area contributed by atoms with E-state index in [4.69, 9.17) is 5.53 Å². The fraction of sp³-hybridized carbons (Fsp3) is 0.400. The third kappa shape index (κ3) is 4.05. The molecule has 2 unspecified atom stereocenters. The van der Waals surface area contributed by atoms with Crippen molar-refractivity contribution in [2.75, 3.05) is 6.54 Å². The number of hydrogen-bond donors (Lipinski definition) is 2. The maximum absolute atomic E-state index is 12.5. The van der Waals surface area contributed by atoms with Gasteiger partial charge >= 0.3 is 6.18 Å². The van der Waals surface area contributed by atoms with Gasteiger partial charge < -0.3 is 10.2 Å². The summed E-state index contributed by atoms with van der Waals surface area (Å²) in [6.45, 7) is -0.587. The summed E-state index contributed by atoms with van der Waals surface area (Å²) in [7, 11) is 0. The summed E-state index contributed by atoms with van der Waals surface area (Å²) in [6, 6.07) is 1.51. The van der Waals surface area contributed by atoms with Crippen molar-refractivity contribution < 1.29 is 28.3 Å². The van der Waals surface area contributed by atoms with Crippen molar-refractivity contribution in [3.63, 3.8) is 0 Å². The quantitative estimate of drug-likeness (QED) is 0.284. The van der Waals surface area contributed by atoms with Crippen molar-refractivity contribution >= 4 is 5.69 Å². The molecule has 0 saturated carbocycles. The second-order valence-electron chi connectivity index (χ2n) is 3.95. The van der Waals surface area contributed by atoms with Crippen LogP contribution in [0.5, 0.6) is 0 Å². The van der Waals surface area contributed by atoms with Crippen molar-refractivity contribution in [1.29, 1.82) is 0 Å². The van der Waals surface area contributed by atoms with Crippen LogP contribution in [-0.2, 0) is 6.18 Å². The van der Waals surface area contributed by atoms with Crippen LogP contribution in [0, 0.1) is 10.1 Å². The van der Waals surface area contributed by atoms with Crippen molar-refractivity contribution in [3.05, 3.63) is 49.9 Å². The highest BCUT2D eigenvalue weighted by atomic mass is 19.4. The number of alkyl halides is 3. The van der Waals surface area contributed by atoms with Gasteiger partial charge in [-0.1, -0.05) is 5.11 Å². The minimum Gasteiger partial charge on any atom is -0.390 e. The van der Waals surface area contributed by atoms with E-state index in [0.717, 1.165) is 0 Å². The van der Waals surface area contributed by atoms with Gasteiger partial charge in [0.2, 0.25) is 0 Å². The smallest absolute Gasteiger partial charge is 0.390 e. The Kier molecular flexibility index (Phi) is 5.08. The molecule has 0 spiro atoms. The molecule has 114 valence electrons. The minimum atomic E-state index is -4.78. The third-order valence-electron chi connectivity index (χ3n) is 2.57. The van der Waals surface area contributed by atoms with Gasteiger partial charge in [0.15, 0.2) is 0 Å². The summed E-state index contributed by atoms with van der Waals surface area (Å²) in [5.41, 5.74) is 5.32. The average Bonchev–Trinajstić information content (AvgIpc) is 2.42. The molecule has 0 heterocycles. The van der Waals surface area contributed by atoms with Crippen LogP contribution < -0.4 is 0 Å². The first-order valence-electron chi connectivity index (χ1n) is 5.41. The number of hydrogen-bond acceptors (Lipinski definition) is 5. The topological polar surface area (TPSA) is 132 Å². The lowest BCUT2D eigenvalue weighted by molar-refractivity contribution is -0.386. The van der Waals surface area contributed by atoms with E-state index >= 15 is 0 Å². The van der Waals surface area contributed by atoms with E-state index in [1.54, 1.807) is 0 Å². The molecule has 1 aromatic carbocycles. The largest absolute Gasteiger partial charge is 0.416 e. The number of azide groups is 1. The Morgan fingerprint density at radius 3 is 2.52 bits per heavy atom. The van der Waals surface area contributed by atoms with Crippen LogP contribution in [0.1, 0.15) is 17.2 Å². The summed E-state index contributed by atoms with van der Waals surface area (Å²) < 4.78 is 37.5. The first-order valence-corrected chi connectivity index (χ1v) is 5.41. The molecule has 2 N–H and O–H groups in total. The number of aliphatic hydroxyl groups is 2. The van der Waals surface area contributed by atoms with Crippen molar-refractivity contribution in [2.45, 2.75) is 18.4 Å². The highest BCUT2D eigenvalue weighted by Crippen LogP contribution is 2.35. The molecule has 0 amide bonds. The number of nitrogens with zero attached hydrogens (tertiary/aromatic N) is 4. The van der Waals surface area contributed by atoms with Gasteiger partial charge in [-0.3, -0.25) is 10.1 Å². The molecule has 0 aliphatic rings. The van der Waals surface area contributed by atoms with E-state index < -0.39 is 46.7 Å². The Balaban J connectivity index is 3.23. The second kappa shape index (κ2) is 6.39. The number of rotatable bonds is 5. The summed E-state index contributed by atoms with van der Waals surface area (Å²) in [5, 5.41) is 33.0. The Morgan fingerprint density at radius 1 is 1.43 bits per heavy atom. The molecule has 0 aliphatic heterocycles. The molecule has 0 aliphatic carbocycles. The molecule has 0 aromatic heterocycles. The molecule has 0 fully saturated rings. The number of nitro benzene ring substituents is 1. The van der Waals surface area contributed by atoms with E-state index in [1.165, 1.54) is 0 Å². The molecule has 1 rings (SSSR count). The maximum Gasteiger partial charge on any atom is 0.416 e. The van der Waals surface area contributed by atoms with Crippen LogP contribution in [0.2, 0.25) is 0 Å². The lowest BCUT2D eigenvalue weighted by Crippen LogP contribution is -2.22. The zero-order chi connectivity index (χ0) is 16.2. The molecular weight excluding hydrogens is 297 g/mol. The zero-order valence-electron chi connectivity index (χ0n) is 10.2. The standard InChI is InChI=1S/C10H9F3N4O4/c11-10(12,13)5-1-2-6(7(3-5)17(20)21)9(19)8(18)4-15-16-14/h1-3,8-9,18-19H,4H2. The van der Waals surface area contributed by atoms with Crippen LogP contribution in [-0.4, -0.2) is 27.8 Å². The van der Waals surface area contributed by atoms with E-state index in [1.807, 2.05) is 0 Å². The van der Waals surface area contributed by atoms with Crippen molar-refractivity contribution in [3.8, 4) is 0 Å². The van der Waals surface area contributed by atoms with Crippen molar-refractivity contribution in [1.82, 2.24) is 0 Å². The van der Waals surface area contributed by atoms with Crippen LogP contribution in [0.3, 0.4) is 0 Å². The summed E-state index contributed by atoms with van der Waals surface area (Å²) >= 11 is 0. The van der Waals surface area contributed by atoms with E-state index in [2.05, 4.69) is 10.0 Å². The van der Waals surface area contributed by atoms with Gasteiger partial charge in [-0.2, -0.15) is 13.2 Å². The molecule has 8 nitrogen and oxygen atoms in total. The predicted octanol–water partition coefficient (Wildman–Crippen LogP) is 2.32. The summed E-state index contributed by atoms with van der Waals surface area (Å²) in [4.78, 5) is 12.0. The normalized spacial score (nSPS) is 14.1. The SMILES string of the molecule is [N-]=[N+]=NCC(O)C(O)c1ccc(C(F)(F)F)cc1[N+](=O)[O-]. The average molecular weight is 306 g/mol. The Labute approximate surface area is 115 Å². The number of nitro groups is 1. The van der Waals surface area contributed by atoms with Crippen LogP contribution in [0.25, 0.3) is 10.4 Å². The monoisotopic (exact) mass is 306 g/mol. The summed E-state index contributed by atoms with van der Waals surface area (Å²) in [6.07, 6.45) is -8.33. The molecule has 0 bridgehead atoms. The highest BCUT2D eigenvalue weighted by Gasteiger charge is 2.34. The number of halogens is 3. The zero-order valence-corrected chi connectivity index (χ0v) is 10.2. The highest BCUT2D eigenvalue weighted by molar-refractivity contribution is 5.45. The fourth-order valence-electron chi connectivity index (χ4n) is 1.56. The first-order chi connectivity index (χ1) is 9.68. The molecule has 11 heteroatoms. The molecule has 1 aromatic rings. The molecule has 21 heavy (non-hydrogen) atoms. The van der Waals surface area contributed by atoms with E-state index in [9.17, 15) is 33.5 Å². The first kappa shape index (κ1) is 16.7. The van der Waals surface area contributed by atoms with Gasteiger partial charge in [0.1, 0.15) is 6.10 Å². The Hall–Kier alpha value is -2.36. The minimum absolute atomic E-state index is 0.263. The van der Waals surface area contributed by atoms with Gasteiger partial charge in [0.25, 0.3) is 5.69 Å². The van der Waals surface area contributed by atoms with E-state index in [-0.39, 0.29) is 6.07 Å². The van der Waals surface area contributed by atoms with Crippen molar-refractivity contribution in [2.24, 2.45) is 5.11 Å². The molecule has 0 saturated heterocycles. The molecular formula is C10H9F3N4O4. The van der Waals surface area contributed by atoms with Crippen LogP contribution >= 0.6 is 0 Å². The van der Waals surface area contributed by atoms with Gasteiger partial charge in [-0.05, 0) is 17.7 Å².